The largest absolute Gasteiger partial charge is 0.448 e. The smallest absolute Gasteiger partial charge is 0.181 e. The topological polar surface area (TPSA) is 38.1 Å². The van der Waals surface area contributed by atoms with E-state index in [1.807, 2.05) is 7.05 Å². The van der Waals surface area contributed by atoms with Crippen molar-refractivity contribution in [2.24, 2.45) is 22.2 Å². The molecule has 4 fully saturated rings. The van der Waals surface area contributed by atoms with Crippen molar-refractivity contribution in [2.75, 3.05) is 7.05 Å². The van der Waals surface area contributed by atoms with Gasteiger partial charge in [-0.25, -0.2) is 4.98 Å². The van der Waals surface area contributed by atoms with Gasteiger partial charge in [-0.3, -0.25) is 0 Å². The molecule has 116 valence electrons. The minimum absolute atomic E-state index is 0.477. The first-order chi connectivity index (χ1) is 9.93. The predicted octanol–water partition coefficient (Wildman–Crippen LogP) is 3.93. The Morgan fingerprint density at radius 1 is 1.19 bits per heavy atom. The van der Waals surface area contributed by atoms with Gasteiger partial charge in [-0.15, -0.1) is 0 Å². The third kappa shape index (κ3) is 2.25. The monoisotopic (exact) mass is 288 g/mol. The van der Waals surface area contributed by atoms with E-state index in [1.165, 1.54) is 38.5 Å². The summed E-state index contributed by atoms with van der Waals surface area (Å²) < 4.78 is 5.77. The van der Waals surface area contributed by atoms with Crippen LogP contribution in [0.15, 0.2) is 10.8 Å². The Morgan fingerprint density at radius 2 is 1.90 bits per heavy atom. The summed E-state index contributed by atoms with van der Waals surface area (Å²) in [7, 11) is 1.98. The normalized spacial score (nSPS) is 44.4. The van der Waals surface area contributed by atoms with Gasteiger partial charge in [0.2, 0.25) is 0 Å². The molecule has 2 atom stereocenters. The van der Waals surface area contributed by atoms with E-state index >= 15 is 0 Å². The number of aromatic nitrogens is 1. The highest BCUT2D eigenvalue weighted by molar-refractivity contribution is 5.16. The van der Waals surface area contributed by atoms with Crippen LogP contribution in [0.4, 0.5) is 0 Å². The zero-order valence-electron chi connectivity index (χ0n) is 13.7. The van der Waals surface area contributed by atoms with Crippen molar-refractivity contribution in [1.82, 2.24) is 10.3 Å². The average molecular weight is 288 g/mol. The Bertz CT molecular complexity index is 531. The molecular weight excluding hydrogens is 260 g/mol. The van der Waals surface area contributed by atoms with E-state index in [1.54, 1.807) is 6.39 Å². The van der Waals surface area contributed by atoms with Crippen LogP contribution >= 0.6 is 0 Å². The molecule has 4 bridgehead atoms. The molecule has 0 saturated heterocycles. The molecule has 3 nitrogen and oxygen atoms in total. The van der Waals surface area contributed by atoms with Gasteiger partial charge in [0.15, 0.2) is 6.39 Å². The summed E-state index contributed by atoms with van der Waals surface area (Å²) in [5, 5.41) is 3.21. The van der Waals surface area contributed by atoms with Crippen LogP contribution < -0.4 is 5.32 Å². The highest BCUT2D eigenvalue weighted by Gasteiger charge is 2.60. The van der Waals surface area contributed by atoms with Gasteiger partial charge in [-0.05, 0) is 67.7 Å². The molecule has 4 aliphatic rings. The Kier molecular flexibility index (Phi) is 2.86. The molecule has 4 saturated carbocycles. The average Bonchev–Trinajstić information content (AvgIpc) is 2.71. The fourth-order valence-electron chi connectivity index (χ4n) is 6.97. The summed E-state index contributed by atoms with van der Waals surface area (Å²) in [6.07, 6.45) is 11.3. The lowest BCUT2D eigenvalue weighted by Crippen LogP contribution is -2.55. The van der Waals surface area contributed by atoms with Crippen LogP contribution in [-0.2, 0) is 13.0 Å². The first-order valence-electron chi connectivity index (χ1n) is 8.49. The lowest BCUT2D eigenvalue weighted by molar-refractivity contribution is -0.145. The van der Waals surface area contributed by atoms with Crippen LogP contribution in [0.3, 0.4) is 0 Å². The van der Waals surface area contributed by atoms with E-state index in [2.05, 4.69) is 24.1 Å². The van der Waals surface area contributed by atoms with E-state index in [4.69, 9.17) is 4.42 Å². The molecule has 1 aromatic rings. The summed E-state index contributed by atoms with van der Waals surface area (Å²) in [6, 6.07) is 0. The molecular formula is C18H28N2O. The second kappa shape index (κ2) is 4.34. The second-order valence-corrected chi connectivity index (χ2v) is 9.06. The number of nitrogens with one attached hydrogen (secondary N) is 1. The lowest BCUT2D eigenvalue weighted by Gasteiger charge is -2.65. The Hall–Kier alpha value is -0.830. The van der Waals surface area contributed by atoms with E-state index in [0.29, 0.717) is 16.2 Å². The van der Waals surface area contributed by atoms with Crippen LogP contribution in [0, 0.1) is 22.2 Å². The van der Waals surface area contributed by atoms with Gasteiger partial charge in [0.1, 0.15) is 5.76 Å². The first kappa shape index (κ1) is 13.8. The predicted molar refractivity (Wildman–Crippen MR) is 82.8 cm³/mol. The SMILES string of the molecule is CNCc1ncoc1CC12CC3CC(C)(CC(C)(C3)C1)C2. The molecule has 0 spiro atoms. The summed E-state index contributed by atoms with van der Waals surface area (Å²) in [4.78, 5) is 4.41. The van der Waals surface area contributed by atoms with E-state index in [-0.39, 0.29) is 0 Å². The lowest BCUT2D eigenvalue weighted by atomic mass is 9.40. The summed E-state index contributed by atoms with van der Waals surface area (Å²) in [5.74, 6) is 2.09. The quantitative estimate of drug-likeness (QED) is 0.912. The standard InChI is InChI=1S/C18H28N2O/c1-16-4-13-5-17(2,9-16)11-18(6-13,10-16)7-15-14(8-19-3)20-12-21-15/h12-13,19H,4-11H2,1-3H3. The molecule has 1 N–H and O–H groups in total. The van der Waals surface area contributed by atoms with Crippen LogP contribution in [-0.4, -0.2) is 12.0 Å². The zero-order valence-corrected chi connectivity index (χ0v) is 13.7. The molecule has 1 aromatic heterocycles. The third-order valence-corrected chi connectivity index (χ3v) is 6.35. The summed E-state index contributed by atoms with van der Waals surface area (Å²) >= 11 is 0. The van der Waals surface area contributed by atoms with Gasteiger partial charge in [0.25, 0.3) is 0 Å². The Balaban J connectivity index is 1.63. The maximum absolute atomic E-state index is 5.77. The molecule has 2 unspecified atom stereocenters. The van der Waals surface area contributed by atoms with Crippen molar-refractivity contribution in [3.05, 3.63) is 17.8 Å². The highest BCUT2D eigenvalue weighted by Crippen LogP contribution is 2.70. The molecule has 21 heavy (non-hydrogen) atoms. The second-order valence-electron chi connectivity index (χ2n) is 9.06. The molecule has 0 aromatic carbocycles. The van der Waals surface area contributed by atoms with Gasteiger partial charge >= 0.3 is 0 Å². The third-order valence-electron chi connectivity index (χ3n) is 6.35. The minimum atomic E-state index is 0.477. The summed E-state index contributed by atoms with van der Waals surface area (Å²) in [6.45, 7) is 5.90. The van der Waals surface area contributed by atoms with E-state index < -0.39 is 0 Å². The fourth-order valence-corrected chi connectivity index (χ4v) is 6.97. The maximum Gasteiger partial charge on any atom is 0.181 e. The molecule has 5 rings (SSSR count). The van der Waals surface area contributed by atoms with Crippen LogP contribution in [0.5, 0.6) is 0 Å². The number of nitrogens with zero attached hydrogens (tertiary/aromatic N) is 1. The Morgan fingerprint density at radius 3 is 2.52 bits per heavy atom. The zero-order chi connectivity index (χ0) is 14.7. The maximum atomic E-state index is 5.77. The van der Waals surface area contributed by atoms with Gasteiger partial charge < -0.3 is 9.73 Å². The number of hydrogen-bond donors (Lipinski definition) is 1. The van der Waals surface area contributed by atoms with Crippen molar-refractivity contribution in [2.45, 2.75) is 65.3 Å². The molecule has 4 aliphatic carbocycles. The minimum Gasteiger partial charge on any atom is -0.448 e. The highest BCUT2D eigenvalue weighted by atomic mass is 16.3. The van der Waals surface area contributed by atoms with E-state index in [9.17, 15) is 0 Å². The molecule has 0 amide bonds. The van der Waals surface area contributed by atoms with Crippen molar-refractivity contribution in [3.8, 4) is 0 Å². The Labute approximate surface area is 127 Å². The van der Waals surface area contributed by atoms with Gasteiger partial charge in [-0.2, -0.15) is 0 Å². The van der Waals surface area contributed by atoms with Crippen molar-refractivity contribution < 1.29 is 4.42 Å². The number of rotatable bonds is 4. The van der Waals surface area contributed by atoms with Gasteiger partial charge in [0, 0.05) is 13.0 Å². The van der Waals surface area contributed by atoms with Crippen LogP contribution in [0.25, 0.3) is 0 Å². The number of hydrogen-bond acceptors (Lipinski definition) is 3. The molecule has 0 aliphatic heterocycles. The molecule has 1 heterocycles. The van der Waals surface area contributed by atoms with Crippen molar-refractivity contribution >= 4 is 0 Å². The van der Waals surface area contributed by atoms with E-state index in [0.717, 1.165) is 30.3 Å². The summed E-state index contributed by atoms with van der Waals surface area (Å²) in [5.41, 5.74) is 2.75. The molecule has 3 heteroatoms. The van der Waals surface area contributed by atoms with Gasteiger partial charge in [-0.1, -0.05) is 13.8 Å². The van der Waals surface area contributed by atoms with Crippen molar-refractivity contribution in [3.63, 3.8) is 0 Å². The molecule has 0 radical (unpaired) electrons. The number of oxazole rings is 1. The fraction of sp³-hybridized carbons (Fsp3) is 0.833. The van der Waals surface area contributed by atoms with Crippen molar-refractivity contribution in [1.29, 1.82) is 0 Å². The first-order valence-corrected chi connectivity index (χ1v) is 8.49. The van der Waals surface area contributed by atoms with Gasteiger partial charge in [0.05, 0.1) is 5.69 Å². The van der Waals surface area contributed by atoms with Crippen LogP contribution in [0.1, 0.15) is 63.8 Å². The van der Waals surface area contributed by atoms with Crippen LogP contribution in [0.2, 0.25) is 0 Å².